The molecule has 0 aliphatic carbocycles. The number of piperidine rings is 1. The minimum absolute atomic E-state index is 0.195. The number of rotatable bonds is 8. The van der Waals surface area contributed by atoms with E-state index < -0.39 is 15.9 Å². The fourth-order valence-electron chi connectivity index (χ4n) is 4.67. The largest absolute Gasteiger partial charge is 0.494 e. The summed E-state index contributed by atoms with van der Waals surface area (Å²) in [6.45, 7) is 8.69. The van der Waals surface area contributed by atoms with Crippen LogP contribution in [0, 0.1) is 11.8 Å². The number of aromatic nitrogens is 1. The fraction of sp³-hybridized carbons (Fsp3) is 0.462. The molecule has 2 heterocycles. The van der Waals surface area contributed by atoms with Gasteiger partial charge in [0.1, 0.15) is 5.75 Å². The number of methoxy groups -OCH3 is 1. The molecule has 1 aliphatic rings. The molecule has 0 N–H and O–H groups in total. The molecule has 4 rings (SSSR count). The first-order valence-electron chi connectivity index (χ1n) is 12.2. The predicted octanol–water partition coefficient (Wildman–Crippen LogP) is 4.16. The number of hydrogen-bond donors (Lipinski definition) is 0. The lowest BCUT2D eigenvalue weighted by Gasteiger charge is -2.34. The summed E-state index contributed by atoms with van der Waals surface area (Å²) in [6, 6.07) is 11.9. The van der Waals surface area contributed by atoms with E-state index in [0.29, 0.717) is 55.0 Å². The van der Waals surface area contributed by atoms with Crippen LogP contribution >= 0.6 is 11.3 Å². The van der Waals surface area contributed by atoms with Gasteiger partial charge in [-0.2, -0.15) is 9.30 Å². The van der Waals surface area contributed by atoms with Crippen LogP contribution in [0.15, 0.2) is 52.4 Å². The molecule has 3 aromatic rings. The van der Waals surface area contributed by atoms with Crippen molar-refractivity contribution in [3.05, 3.63) is 52.8 Å². The number of thiazole rings is 1. The van der Waals surface area contributed by atoms with Crippen LogP contribution in [0.2, 0.25) is 0 Å². The van der Waals surface area contributed by atoms with E-state index in [-0.39, 0.29) is 4.90 Å². The summed E-state index contributed by atoms with van der Waals surface area (Å²) in [5.41, 5.74) is 1.28. The molecule has 1 aliphatic heterocycles. The molecule has 0 bridgehead atoms. The normalized spacial score (nSPS) is 19.6. The Morgan fingerprint density at radius 3 is 2.44 bits per heavy atom. The zero-order valence-electron chi connectivity index (χ0n) is 21.1. The Hall–Kier alpha value is -2.53. The van der Waals surface area contributed by atoms with Gasteiger partial charge in [-0.15, -0.1) is 0 Å². The molecule has 10 heteroatoms. The minimum Gasteiger partial charge on any atom is -0.494 e. The van der Waals surface area contributed by atoms with E-state index in [4.69, 9.17) is 9.47 Å². The van der Waals surface area contributed by atoms with Crippen molar-refractivity contribution in [2.24, 2.45) is 16.8 Å². The molecule has 2 aromatic carbocycles. The molecule has 1 amide bonds. The average Bonchev–Trinajstić information content (AvgIpc) is 3.18. The van der Waals surface area contributed by atoms with Gasteiger partial charge in [0.25, 0.3) is 5.91 Å². The zero-order chi connectivity index (χ0) is 25.9. The maximum atomic E-state index is 13.2. The summed E-state index contributed by atoms with van der Waals surface area (Å²) in [5, 5.41) is 0. The summed E-state index contributed by atoms with van der Waals surface area (Å²) < 4.78 is 41.6. The van der Waals surface area contributed by atoms with E-state index in [1.54, 1.807) is 11.4 Å². The van der Waals surface area contributed by atoms with Gasteiger partial charge in [0.05, 0.1) is 28.3 Å². The van der Waals surface area contributed by atoms with Crippen LogP contribution < -0.4 is 9.54 Å². The molecule has 1 fully saturated rings. The van der Waals surface area contributed by atoms with Gasteiger partial charge in [-0.05, 0) is 67.6 Å². The number of ether oxygens (including phenoxy) is 2. The lowest BCUT2D eigenvalue weighted by atomic mass is 9.94. The monoisotopic (exact) mass is 531 g/mol. The lowest BCUT2D eigenvalue weighted by molar-refractivity contribution is 0.0997. The van der Waals surface area contributed by atoms with Gasteiger partial charge in [0, 0.05) is 32.3 Å². The van der Waals surface area contributed by atoms with Crippen LogP contribution in [0.25, 0.3) is 10.2 Å². The van der Waals surface area contributed by atoms with Gasteiger partial charge in [-0.25, -0.2) is 8.42 Å². The van der Waals surface area contributed by atoms with Gasteiger partial charge in [0.15, 0.2) is 4.80 Å². The molecule has 1 aromatic heterocycles. The van der Waals surface area contributed by atoms with Crippen molar-refractivity contribution >= 4 is 37.5 Å². The number of carbonyl (C=O) groups excluding carboxylic acids is 1. The van der Waals surface area contributed by atoms with E-state index in [0.717, 1.165) is 22.4 Å². The molecule has 2 atom stereocenters. The maximum absolute atomic E-state index is 13.2. The zero-order valence-corrected chi connectivity index (χ0v) is 22.8. The van der Waals surface area contributed by atoms with Crippen LogP contribution in [-0.4, -0.2) is 56.6 Å². The van der Waals surface area contributed by atoms with E-state index in [2.05, 4.69) is 18.8 Å². The molecule has 194 valence electrons. The van der Waals surface area contributed by atoms with Crippen LogP contribution in [0.5, 0.6) is 5.75 Å². The first kappa shape index (κ1) is 26.5. The SMILES string of the molecule is CCOc1ccc2c(c1)sc(=NC(=O)c1ccc(S(=O)(=O)N3CC(C)CC(C)C3)cc1)n2CCOC. The number of nitrogens with zero attached hydrogens (tertiary/aromatic N) is 3. The Bertz CT molecular complexity index is 1380. The van der Waals surface area contributed by atoms with Crippen molar-refractivity contribution in [3.8, 4) is 5.75 Å². The molecule has 0 saturated carbocycles. The van der Waals surface area contributed by atoms with E-state index in [1.165, 1.54) is 35.6 Å². The highest BCUT2D eigenvalue weighted by atomic mass is 32.2. The molecule has 2 unspecified atom stereocenters. The fourth-order valence-corrected chi connectivity index (χ4v) is 7.43. The van der Waals surface area contributed by atoms with Crippen LogP contribution in [0.1, 0.15) is 37.6 Å². The van der Waals surface area contributed by atoms with Crippen molar-refractivity contribution in [2.45, 2.75) is 38.6 Å². The van der Waals surface area contributed by atoms with E-state index >= 15 is 0 Å². The number of amides is 1. The third kappa shape index (κ3) is 5.72. The highest BCUT2D eigenvalue weighted by Crippen LogP contribution is 2.27. The van der Waals surface area contributed by atoms with Crippen molar-refractivity contribution in [3.63, 3.8) is 0 Å². The number of hydrogen-bond acceptors (Lipinski definition) is 6. The minimum atomic E-state index is -3.61. The Morgan fingerprint density at radius 1 is 1.11 bits per heavy atom. The Morgan fingerprint density at radius 2 is 1.81 bits per heavy atom. The molecular weight excluding hydrogens is 498 g/mol. The molecule has 0 radical (unpaired) electrons. The molecule has 0 spiro atoms. The summed E-state index contributed by atoms with van der Waals surface area (Å²) in [5.74, 6) is 0.969. The topological polar surface area (TPSA) is 90.2 Å². The second-order valence-electron chi connectivity index (χ2n) is 9.30. The summed E-state index contributed by atoms with van der Waals surface area (Å²) in [7, 11) is -1.98. The van der Waals surface area contributed by atoms with Gasteiger partial charge in [-0.1, -0.05) is 25.2 Å². The van der Waals surface area contributed by atoms with Crippen LogP contribution in [0.4, 0.5) is 0 Å². The highest BCUT2D eigenvalue weighted by molar-refractivity contribution is 7.89. The first-order valence-corrected chi connectivity index (χ1v) is 14.4. The number of fused-ring (bicyclic) bond motifs is 1. The van der Waals surface area contributed by atoms with Crippen LogP contribution in [0.3, 0.4) is 0 Å². The van der Waals surface area contributed by atoms with Gasteiger partial charge >= 0.3 is 0 Å². The third-order valence-corrected chi connectivity index (χ3v) is 9.14. The smallest absolute Gasteiger partial charge is 0.279 e. The average molecular weight is 532 g/mol. The number of benzene rings is 2. The van der Waals surface area contributed by atoms with Gasteiger partial charge < -0.3 is 14.0 Å². The third-order valence-electron chi connectivity index (χ3n) is 6.26. The Kier molecular flexibility index (Phi) is 8.29. The second kappa shape index (κ2) is 11.2. The molecule has 8 nitrogen and oxygen atoms in total. The second-order valence-corrected chi connectivity index (χ2v) is 12.2. The first-order chi connectivity index (χ1) is 17.2. The predicted molar refractivity (Wildman–Crippen MR) is 141 cm³/mol. The van der Waals surface area contributed by atoms with Crippen molar-refractivity contribution in [1.29, 1.82) is 0 Å². The summed E-state index contributed by atoms with van der Waals surface area (Å²) in [4.78, 5) is 18.2. The standard InChI is InChI=1S/C26H33N3O5S2/c1-5-34-21-8-11-23-24(15-21)35-26(29(23)12-13-33-4)27-25(30)20-6-9-22(10-7-20)36(31,32)28-16-18(2)14-19(3)17-28/h6-11,15,18-19H,5,12-14,16-17H2,1-4H3. The van der Waals surface area contributed by atoms with Gasteiger partial charge in [0.2, 0.25) is 10.0 Å². The van der Waals surface area contributed by atoms with Crippen molar-refractivity contribution in [2.75, 3.05) is 33.4 Å². The van der Waals surface area contributed by atoms with E-state index in [1.807, 2.05) is 29.7 Å². The van der Waals surface area contributed by atoms with Crippen molar-refractivity contribution < 1.29 is 22.7 Å². The summed E-state index contributed by atoms with van der Waals surface area (Å²) in [6.07, 6.45) is 1.02. The van der Waals surface area contributed by atoms with Gasteiger partial charge in [-0.3, -0.25) is 4.79 Å². The molecule has 1 saturated heterocycles. The van der Waals surface area contributed by atoms with Crippen molar-refractivity contribution in [1.82, 2.24) is 8.87 Å². The number of sulfonamides is 1. The number of carbonyl (C=O) groups is 1. The summed E-state index contributed by atoms with van der Waals surface area (Å²) >= 11 is 1.40. The quantitative estimate of drug-likeness (QED) is 0.436. The Labute approximate surface area is 216 Å². The highest BCUT2D eigenvalue weighted by Gasteiger charge is 2.31. The maximum Gasteiger partial charge on any atom is 0.279 e. The Balaban J connectivity index is 1.63. The lowest BCUT2D eigenvalue weighted by Crippen LogP contribution is -2.42. The molecule has 36 heavy (non-hydrogen) atoms. The van der Waals surface area contributed by atoms with E-state index in [9.17, 15) is 13.2 Å². The van der Waals surface area contributed by atoms with Crippen LogP contribution in [-0.2, 0) is 21.3 Å². The molecular formula is C26H33N3O5S2.